The zero-order valence-corrected chi connectivity index (χ0v) is 17.6. The fourth-order valence-electron chi connectivity index (χ4n) is 4.57. The maximum absolute atomic E-state index is 13.5. The third-order valence-electron chi connectivity index (χ3n) is 5.98. The van der Waals surface area contributed by atoms with Crippen molar-refractivity contribution < 1.29 is 9.53 Å². The predicted molar refractivity (Wildman–Crippen MR) is 114 cm³/mol. The van der Waals surface area contributed by atoms with Gasteiger partial charge in [-0.1, -0.05) is 13.0 Å². The topological polar surface area (TPSA) is 41.9 Å². The van der Waals surface area contributed by atoms with Crippen LogP contribution in [0.4, 0.5) is 11.4 Å². The van der Waals surface area contributed by atoms with Crippen molar-refractivity contribution in [1.82, 2.24) is 0 Å². The number of hydrogen-bond acceptors (Lipinski definition) is 3. The van der Waals surface area contributed by atoms with Crippen LogP contribution in [0, 0.1) is 13.8 Å². The molecule has 28 heavy (non-hydrogen) atoms. The molecule has 2 heterocycles. The molecule has 4 rings (SSSR count). The van der Waals surface area contributed by atoms with Crippen LogP contribution in [0.15, 0.2) is 35.3 Å². The van der Waals surface area contributed by atoms with Crippen LogP contribution < -0.4 is 9.64 Å². The minimum atomic E-state index is -0.244. The van der Waals surface area contributed by atoms with E-state index in [0.717, 1.165) is 29.1 Å². The third-order valence-corrected chi connectivity index (χ3v) is 5.98. The summed E-state index contributed by atoms with van der Waals surface area (Å²) in [7, 11) is 0. The molecule has 2 aliphatic rings. The molecule has 0 saturated carbocycles. The Morgan fingerprint density at radius 2 is 1.93 bits per heavy atom. The largest absolute Gasteiger partial charge is 0.494 e. The van der Waals surface area contributed by atoms with E-state index in [9.17, 15) is 4.79 Å². The van der Waals surface area contributed by atoms with Crippen LogP contribution in [0.3, 0.4) is 0 Å². The van der Waals surface area contributed by atoms with Crippen molar-refractivity contribution in [3.63, 3.8) is 0 Å². The molecule has 0 N–H and O–H groups in total. The maximum atomic E-state index is 13.5. The second-order valence-corrected chi connectivity index (χ2v) is 8.63. The Morgan fingerprint density at radius 1 is 1.18 bits per heavy atom. The van der Waals surface area contributed by atoms with Gasteiger partial charge in [0.1, 0.15) is 11.5 Å². The molecule has 1 unspecified atom stereocenters. The molecule has 0 spiro atoms. The molecular weight excluding hydrogens is 348 g/mol. The lowest BCUT2D eigenvalue weighted by Crippen LogP contribution is -2.50. The van der Waals surface area contributed by atoms with Gasteiger partial charge in [-0.15, -0.1) is 0 Å². The van der Waals surface area contributed by atoms with Gasteiger partial charge in [0.2, 0.25) is 0 Å². The van der Waals surface area contributed by atoms with Crippen molar-refractivity contribution in [1.29, 1.82) is 0 Å². The number of anilines is 1. The van der Waals surface area contributed by atoms with E-state index in [4.69, 9.17) is 9.73 Å². The summed E-state index contributed by atoms with van der Waals surface area (Å²) >= 11 is 0. The van der Waals surface area contributed by atoms with E-state index in [0.29, 0.717) is 18.2 Å². The lowest BCUT2D eigenvalue weighted by atomic mass is 9.80. The van der Waals surface area contributed by atoms with Crippen molar-refractivity contribution in [2.24, 2.45) is 4.99 Å². The molecular formula is C24H28N2O2. The van der Waals surface area contributed by atoms with Gasteiger partial charge in [0.05, 0.1) is 18.0 Å². The van der Waals surface area contributed by atoms with E-state index in [1.54, 1.807) is 0 Å². The van der Waals surface area contributed by atoms with E-state index in [-0.39, 0.29) is 11.4 Å². The number of amides is 1. The average Bonchev–Trinajstić information content (AvgIpc) is 2.89. The lowest BCUT2D eigenvalue weighted by molar-refractivity contribution is -0.113. The molecule has 146 valence electrons. The molecule has 0 saturated heterocycles. The summed E-state index contributed by atoms with van der Waals surface area (Å²) in [5.41, 5.74) is 6.56. The van der Waals surface area contributed by atoms with Crippen LogP contribution in [0.5, 0.6) is 5.75 Å². The van der Waals surface area contributed by atoms with Crippen LogP contribution in [-0.2, 0) is 4.79 Å². The maximum Gasteiger partial charge on any atom is 0.278 e. The number of rotatable bonds is 3. The second-order valence-electron chi connectivity index (χ2n) is 8.63. The van der Waals surface area contributed by atoms with E-state index >= 15 is 0 Å². The predicted octanol–water partition coefficient (Wildman–Crippen LogP) is 5.46. The van der Waals surface area contributed by atoms with Crippen LogP contribution in [0.25, 0.3) is 0 Å². The Bertz CT molecular complexity index is 1000. The number of aliphatic imine (C=N–C) groups is 1. The van der Waals surface area contributed by atoms with Crippen molar-refractivity contribution >= 4 is 23.0 Å². The Balaban J connectivity index is 1.94. The molecule has 0 radical (unpaired) electrons. The van der Waals surface area contributed by atoms with Gasteiger partial charge in [-0.25, -0.2) is 4.99 Å². The van der Waals surface area contributed by atoms with Gasteiger partial charge in [0.15, 0.2) is 0 Å². The van der Waals surface area contributed by atoms with Crippen LogP contribution in [0.1, 0.15) is 62.3 Å². The zero-order chi connectivity index (χ0) is 20.2. The Kier molecular flexibility index (Phi) is 4.33. The number of aryl methyl sites for hydroxylation is 2. The minimum absolute atomic E-state index is 0.0139. The SMILES string of the molecule is CCOc1cc2c3c(c1)C(C)CC(C)(C)N3C(=O)C2=Nc1ccc(C)c(C)c1. The summed E-state index contributed by atoms with van der Waals surface area (Å²) in [6, 6.07) is 10.2. The fourth-order valence-corrected chi connectivity index (χ4v) is 4.57. The van der Waals surface area contributed by atoms with Gasteiger partial charge in [0.25, 0.3) is 5.91 Å². The zero-order valence-electron chi connectivity index (χ0n) is 17.6. The molecule has 4 nitrogen and oxygen atoms in total. The normalized spacial score (nSPS) is 21.2. The summed E-state index contributed by atoms with van der Waals surface area (Å²) in [6.07, 6.45) is 0.914. The molecule has 0 aliphatic carbocycles. The first-order valence-corrected chi connectivity index (χ1v) is 10.0. The number of hydrogen-bond donors (Lipinski definition) is 0. The minimum Gasteiger partial charge on any atom is -0.494 e. The van der Waals surface area contributed by atoms with Crippen molar-refractivity contribution in [2.75, 3.05) is 11.5 Å². The number of nitrogens with zero attached hydrogens (tertiary/aromatic N) is 2. The van der Waals surface area contributed by atoms with Crippen LogP contribution >= 0.6 is 0 Å². The van der Waals surface area contributed by atoms with Crippen LogP contribution in [0.2, 0.25) is 0 Å². The number of ether oxygens (including phenoxy) is 1. The quantitative estimate of drug-likeness (QED) is 0.714. The summed E-state index contributed by atoms with van der Waals surface area (Å²) in [5, 5.41) is 0. The van der Waals surface area contributed by atoms with Gasteiger partial charge >= 0.3 is 0 Å². The van der Waals surface area contributed by atoms with Gasteiger partial charge in [-0.2, -0.15) is 0 Å². The average molecular weight is 377 g/mol. The lowest BCUT2D eigenvalue weighted by Gasteiger charge is -2.43. The third kappa shape index (κ3) is 2.83. The molecule has 2 aliphatic heterocycles. The number of carbonyl (C=O) groups is 1. The van der Waals surface area contributed by atoms with Gasteiger partial charge in [-0.05, 0) is 87.9 Å². The molecule has 2 aromatic carbocycles. The molecule has 0 fully saturated rings. The van der Waals surface area contributed by atoms with Crippen molar-refractivity contribution in [3.8, 4) is 5.75 Å². The molecule has 1 amide bonds. The highest BCUT2D eigenvalue weighted by molar-refractivity contribution is 6.55. The first-order chi connectivity index (χ1) is 13.2. The van der Waals surface area contributed by atoms with E-state index in [2.05, 4.69) is 46.8 Å². The summed E-state index contributed by atoms with van der Waals surface area (Å²) in [4.78, 5) is 20.2. The van der Waals surface area contributed by atoms with Gasteiger partial charge < -0.3 is 9.64 Å². The summed E-state index contributed by atoms with van der Waals surface area (Å²) < 4.78 is 5.82. The first-order valence-electron chi connectivity index (χ1n) is 10.0. The molecule has 0 bridgehead atoms. The fraction of sp³-hybridized carbons (Fsp3) is 0.417. The van der Waals surface area contributed by atoms with E-state index in [1.807, 2.05) is 30.0 Å². The number of carbonyl (C=O) groups excluding carboxylic acids is 1. The highest BCUT2D eigenvalue weighted by Gasteiger charge is 2.48. The van der Waals surface area contributed by atoms with Crippen molar-refractivity contribution in [2.45, 2.75) is 59.4 Å². The van der Waals surface area contributed by atoms with E-state index in [1.165, 1.54) is 16.7 Å². The smallest absolute Gasteiger partial charge is 0.278 e. The first kappa shape index (κ1) is 18.7. The van der Waals surface area contributed by atoms with E-state index < -0.39 is 0 Å². The van der Waals surface area contributed by atoms with Gasteiger partial charge in [-0.3, -0.25) is 4.79 Å². The Labute approximate surface area is 167 Å². The number of benzene rings is 2. The Hall–Kier alpha value is -2.62. The molecule has 1 atom stereocenters. The highest BCUT2D eigenvalue weighted by atomic mass is 16.5. The second kappa shape index (κ2) is 6.47. The summed E-state index contributed by atoms with van der Waals surface area (Å²) in [6.45, 7) is 13.2. The standard InChI is InChI=1S/C24H28N2O2/c1-7-28-18-11-19-16(4)13-24(5,6)26-22(19)20(12-18)21(23(26)27)25-17-9-8-14(2)15(3)10-17/h8-12,16H,7,13H2,1-6H3. The monoisotopic (exact) mass is 376 g/mol. The van der Waals surface area contributed by atoms with Crippen molar-refractivity contribution in [3.05, 3.63) is 52.6 Å². The Morgan fingerprint density at radius 3 is 2.61 bits per heavy atom. The highest BCUT2D eigenvalue weighted by Crippen LogP contribution is 2.50. The summed E-state index contributed by atoms with van der Waals surface area (Å²) in [5.74, 6) is 1.15. The molecule has 0 aromatic heterocycles. The van der Waals surface area contributed by atoms with Crippen LogP contribution in [-0.4, -0.2) is 23.8 Å². The van der Waals surface area contributed by atoms with Gasteiger partial charge in [0, 0.05) is 11.1 Å². The molecule has 4 heteroatoms. The molecule has 2 aromatic rings.